The molecule has 1 aromatic heterocycles. The van der Waals surface area contributed by atoms with Crippen molar-refractivity contribution in [1.82, 2.24) is 25.0 Å². The summed E-state index contributed by atoms with van der Waals surface area (Å²) in [5.74, 6) is -4.72. The molecular formula is C53H69F2N5O9S. The summed E-state index contributed by atoms with van der Waals surface area (Å²) in [4.78, 5) is 104. The van der Waals surface area contributed by atoms with Gasteiger partial charge in [0.05, 0.1) is 24.3 Å². The highest BCUT2D eigenvalue weighted by Crippen LogP contribution is 2.41. The van der Waals surface area contributed by atoms with Gasteiger partial charge in [0.2, 0.25) is 17.7 Å². The maximum Gasteiger partial charge on any atom is 0.305 e. The Morgan fingerprint density at radius 1 is 0.829 bits per heavy atom. The van der Waals surface area contributed by atoms with E-state index in [2.05, 4.69) is 10.6 Å². The van der Waals surface area contributed by atoms with Gasteiger partial charge in [-0.1, -0.05) is 71.4 Å². The summed E-state index contributed by atoms with van der Waals surface area (Å²) in [7, 11) is 0. The molecule has 0 aliphatic carbocycles. The van der Waals surface area contributed by atoms with Crippen molar-refractivity contribution >= 4 is 58.8 Å². The number of aromatic nitrogens is 1. The second kappa shape index (κ2) is 27.4. The lowest BCUT2D eigenvalue weighted by molar-refractivity contribution is -0.138. The van der Waals surface area contributed by atoms with Crippen LogP contribution in [-0.4, -0.2) is 104 Å². The average molecular weight is 990 g/mol. The van der Waals surface area contributed by atoms with Gasteiger partial charge in [-0.15, -0.1) is 0 Å². The van der Waals surface area contributed by atoms with Gasteiger partial charge in [0.1, 0.15) is 17.4 Å². The summed E-state index contributed by atoms with van der Waals surface area (Å²) >= 11 is 1.26. The molecule has 0 spiro atoms. The van der Waals surface area contributed by atoms with Gasteiger partial charge in [0.15, 0.2) is 5.78 Å². The Labute approximate surface area is 414 Å². The third kappa shape index (κ3) is 17.8. The molecule has 1 aliphatic heterocycles. The van der Waals surface area contributed by atoms with Gasteiger partial charge >= 0.3 is 5.97 Å². The lowest BCUT2D eigenvalue weighted by Crippen LogP contribution is -2.44. The quantitative estimate of drug-likeness (QED) is 0.0435. The number of carboxylic acid groups (broad SMARTS) is 1. The number of carbonyl (C=O) groups excluding carboxylic acids is 7. The molecule has 4 rings (SSSR count). The molecule has 3 atom stereocenters. The fraction of sp³-hybridized carbons (Fsp3) is 0.509. The van der Waals surface area contributed by atoms with E-state index in [0.29, 0.717) is 55.7 Å². The average Bonchev–Trinajstić information content (AvgIpc) is 3.85. The number of Topliss-reactive ketones (excluding diaryl/α,β-unsaturated/α-hetero) is 2. The molecule has 0 bridgehead atoms. The Hall–Kier alpha value is -5.97. The van der Waals surface area contributed by atoms with E-state index in [4.69, 9.17) is 5.11 Å². The molecule has 5 amide bonds. The van der Waals surface area contributed by atoms with E-state index in [0.717, 1.165) is 23.8 Å². The molecule has 14 nitrogen and oxygen atoms in total. The smallest absolute Gasteiger partial charge is 0.305 e. The Bertz CT molecular complexity index is 2330. The van der Waals surface area contributed by atoms with Gasteiger partial charge in [-0.25, -0.2) is 8.78 Å². The molecule has 3 N–H and O–H groups in total. The summed E-state index contributed by atoms with van der Waals surface area (Å²) in [6.45, 7) is 12.1. The number of nitrogens with zero attached hydrogens (tertiary/aromatic N) is 3. The van der Waals surface area contributed by atoms with Crippen LogP contribution in [0.1, 0.15) is 123 Å². The minimum Gasteiger partial charge on any atom is -0.481 e. The van der Waals surface area contributed by atoms with Crippen molar-refractivity contribution in [3.63, 3.8) is 0 Å². The van der Waals surface area contributed by atoms with Gasteiger partial charge in [0.25, 0.3) is 11.8 Å². The molecule has 2 aromatic carbocycles. The van der Waals surface area contributed by atoms with E-state index < -0.39 is 46.9 Å². The predicted molar refractivity (Wildman–Crippen MR) is 265 cm³/mol. The first-order valence-corrected chi connectivity index (χ1v) is 25.2. The van der Waals surface area contributed by atoms with Crippen molar-refractivity contribution in [1.29, 1.82) is 0 Å². The minimum atomic E-state index is -1.03. The van der Waals surface area contributed by atoms with E-state index in [1.54, 1.807) is 24.1 Å². The number of nitrogens with one attached hydrogen (secondary N) is 2. The van der Waals surface area contributed by atoms with Gasteiger partial charge in [0, 0.05) is 98.7 Å². The SMILES string of the molecule is CC(C)[C@H](CC(=O)CCCCCN1C(=O)C=CC1=O)C(=O)N[C@@H](C)C(=O)CCCCN(C(=O)CSCCC(=O)NCCC(=O)O)[C@@H](c1cc(-c2cc(F)ccc2F)cn1Cc1ccccc1)C(C)(C)C. The third-order valence-electron chi connectivity index (χ3n) is 12.2. The maximum atomic E-state index is 15.3. The molecule has 1 aliphatic rings. The Morgan fingerprint density at radius 3 is 2.17 bits per heavy atom. The summed E-state index contributed by atoms with van der Waals surface area (Å²) < 4.78 is 31.9. The number of amides is 5. The number of ketones is 2. The number of carboxylic acids is 1. The summed E-state index contributed by atoms with van der Waals surface area (Å²) in [5.41, 5.74) is 1.51. The molecule has 0 fully saturated rings. The largest absolute Gasteiger partial charge is 0.481 e. The van der Waals surface area contributed by atoms with Gasteiger partial charge in [-0.05, 0) is 73.8 Å². The molecule has 17 heteroatoms. The summed E-state index contributed by atoms with van der Waals surface area (Å²) in [6.07, 6.45) is 6.98. The normalized spacial score (nSPS) is 13.9. The Kier molecular flexibility index (Phi) is 22.2. The van der Waals surface area contributed by atoms with Gasteiger partial charge in [-0.3, -0.25) is 43.3 Å². The van der Waals surface area contributed by atoms with E-state index in [9.17, 15) is 42.7 Å². The van der Waals surface area contributed by atoms with Crippen molar-refractivity contribution in [3.8, 4) is 11.1 Å². The van der Waals surface area contributed by atoms with E-state index in [-0.39, 0.29) is 104 Å². The van der Waals surface area contributed by atoms with Crippen LogP contribution in [0.15, 0.2) is 72.9 Å². The predicted octanol–water partition coefficient (Wildman–Crippen LogP) is 8.07. The molecule has 380 valence electrons. The molecule has 0 saturated heterocycles. The fourth-order valence-electron chi connectivity index (χ4n) is 8.41. The summed E-state index contributed by atoms with van der Waals surface area (Å²) in [6, 6.07) is 13.2. The number of unbranched alkanes of at least 4 members (excludes halogenated alkanes) is 3. The van der Waals surface area contributed by atoms with E-state index in [1.165, 1.54) is 28.8 Å². The first-order valence-electron chi connectivity index (χ1n) is 24.1. The number of hydrogen-bond donors (Lipinski definition) is 3. The zero-order valence-corrected chi connectivity index (χ0v) is 42.1. The summed E-state index contributed by atoms with van der Waals surface area (Å²) in [5, 5.41) is 14.3. The van der Waals surface area contributed by atoms with Crippen LogP contribution in [0.5, 0.6) is 0 Å². The topological polar surface area (TPSA) is 192 Å². The first-order chi connectivity index (χ1) is 33.2. The zero-order chi connectivity index (χ0) is 51.5. The minimum absolute atomic E-state index is 0.00225. The van der Waals surface area contributed by atoms with Crippen LogP contribution in [0.3, 0.4) is 0 Å². The van der Waals surface area contributed by atoms with Crippen LogP contribution in [0.4, 0.5) is 8.78 Å². The van der Waals surface area contributed by atoms with Gasteiger partial charge in [-0.2, -0.15) is 11.8 Å². The van der Waals surface area contributed by atoms with Gasteiger partial charge < -0.3 is 25.2 Å². The monoisotopic (exact) mass is 989 g/mol. The number of rotatable bonds is 30. The van der Waals surface area contributed by atoms with Crippen LogP contribution in [0.25, 0.3) is 11.1 Å². The second-order valence-electron chi connectivity index (χ2n) is 19.3. The molecule has 70 heavy (non-hydrogen) atoms. The molecule has 0 radical (unpaired) electrons. The van der Waals surface area contributed by atoms with Crippen molar-refractivity contribution in [2.75, 3.05) is 31.1 Å². The molecule has 3 aromatic rings. The van der Waals surface area contributed by atoms with Crippen molar-refractivity contribution in [2.45, 2.75) is 124 Å². The zero-order valence-electron chi connectivity index (χ0n) is 41.3. The number of carbonyl (C=O) groups is 8. The van der Waals surface area contributed by atoms with E-state index >= 15 is 4.39 Å². The molecule has 0 saturated carbocycles. The molecule has 2 heterocycles. The number of halogens is 2. The lowest BCUT2D eigenvalue weighted by atomic mass is 9.82. The number of hydrogen-bond acceptors (Lipinski definition) is 9. The van der Waals surface area contributed by atoms with Crippen LogP contribution in [0.2, 0.25) is 0 Å². The van der Waals surface area contributed by atoms with Crippen LogP contribution >= 0.6 is 11.8 Å². The number of imide groups is 1. The highest BCUT2D eigenvalue weighted by Gasteiger charge is 2.37. The van der Waals surface area contributed by atoms with Crippen molar-refractivity contribution in [3.05, 3.63) is 95.8 Å². The van der Waals surface area contributed by atoms with Crippen LogP contribution < -0.4 is 10.6 Å². The molecule has 0 unspecified atom stereocenters. The second-order valence-corrected chi connectivity index (χ2v) is 20.4. The van der Waals surface area contributed by atoms with Crippen molar-refractivity contribution in [2.24, 2.45) is 17.3 Å². The first kappa shape index (κ1) is 56.6. The number of aliphatic carboxylic acids is 1. The van der Waals surface area contributed by atoms with E-state index in [1.807, 2.05) is 69.5 Å². The highest BCUT2D eigenvalue weighted by atomic mass is 32.2. The highest BCUT2D eigenvalue weighted by molar-refractivity contribution is 7.99. The fourth-order valence-corrected chi connectivity index (χ4v) is 9.23. The number of benzene rings is 2. The van der Waals surface area contributed by atoms with Crippen LogP contribution in [0, 0.1) is 28.9 Å². The standard InChI is InChI=1S/C53H69F2N5O9S/c1-35(2)41(31-40(61)17-11-8-13-26-59-47(64)21-22-48(59)65)52(69)57-36(3)45(62)18-12-14-27-60(49(66)34-70-28-24-46(63)56-25-23-50(67)68)51(53(4,5)6)44-29-38(42-30-39(54)19-20-43(42)55)33-58(44)32-37-15-9-7-10-16-37/h7,9-10,15-16,19-22,29-30,33,35-36,41,51H,8,11-14,17-18,23-28,31-32,34H2,1-6H3,(H,56,63)(H,57,69)(H,67,68)/t36-,41-,51-/m0/s1. The molecular weight excluding hydrogens is 921 g/mol. The maximum absolute atomic E-state index is 15.3. The third-order valence-corrected chi connectivity index (χ3v) is 13.1. The lowest BCUT2D eigenvalue weighted by Gasteiger charge is -2.41. The van der Waals surface area contributed by atoms with Crippen molar-refractivity contribution < 1.29 is 52.2 Å². The van der Waals surface area contributed by atoms with Crippen LogP contribution in [-0.2, 0) is 44.9 Å². The Morgan fingerprint density at radius 2 is 1.51 bits per heavy atom. The Balaban J connectivity index is 1.46. The number of thioether (sulfide) groups is 1.